The number of hydrogen-bond donors (Lipinski definition) is 1. The maximum Gasteiger partial charge on any atom is 0.349 e. The molecule has 0 saturated heterocycles. The van der Waals surface area contributed by atoms with E-state index in [1.54, 1.807) is 20.8 Å². The summed E-state index contributed by atoms with van der Waals surface area (Å²) in [5.74, 6) is 0.285. The van der Waals surface area contributed by atoms with E-state index < -0.39 is 5.60 Å². The maximum atomic E-state index is 11.7. The molecular weight excluding hydrogens is 230 g/mol. The standard InChI is InChI=1S/C14H21NO3/c1-4-17-13(16)14(2,3)18-12-7-5-6-11(10-12)8-9-15/h5-7,10H,4,8-9,15H2,1-3H3. The van der Waals surface area contributed by atoms with Crippen molar-refractivity contribution in [1.82, 2.24) is 0 Å². The van der Waals surface area contributed by atoms with Crippen molar-refractivity contribution >= 4 is 5.97 Å². The van der Waals surface area contributed by atoms with Gasteiger partial charge in [0.05, 0.1) is 6.61 Å². The highest BCUT2D eigenvalue weighted by atomic mass is 16.6. The van der Waals surface area contributed by atoms with Gasteiger partial charge in [-0.2, -0.15) is 0 Å². The molecule has 0 aliphatic rings. The molecule has 18 heavy (non-hydrogen) atoms. The predicted molar refractivity (Wildman–Crippen MR) is 70.5 cm³/mol. The van der Waals surface area contributed by atoms with E-state index in [2.05, 4.69) is 0 Å². The number of benzene rings is 1. The highest BCUT2D eigenvalue weighted by Gasteiger charge is 2.31. The Bertz CT molecular complexity index is 402. The summed E-state index contributed by atoms with van der Waals surface area (Å²) in [7, 11) is 0. The first-order valence-corrected chi connectivity index (χ1v) is 6.15. The topological polar surface area (TPSA) is 61.5 Å². The predicted octanol–water partition coefficient (Wildman–Crippen LogP) is 1.91. The van der Waals surface area contributed by atoms with Crippen molar-refractivity contribution in [2.75, 3.05) is 13.2 Å². The summed E-state index contributed by atoms with van der Waals surface area (Å²) in [6.07, 6.45) is 0.789. The average molecular weight is 251 g/mol. The molecule has 0 aliphatic heterocycles. The quantitative estimate of drug-likeness (QED) is 0.784. The van der Waals surface area contributed by atoms with Gasteiger partial charge in [-0.3, -0.25) is 0 Å². The van der Waals surface area contributed by atoms with Crippen LogP contribution in [0, 0.1) is 0 Å². The first kappa shape index (κ1) is 14.5. The van der Waals surface area contributed by atoms with Gasteiger partial charge < -0.3 is 15.2 Å². The summed E-state index contributed by atoms with van der Waals surface area (Å²) in [5, 5.41) is 0. The fourth-order valence-corrected chi connectivity index (χ4v) is 1.57. The summed E-state index contributed by atoms with van der Waals surface area (Å²) in [6, 6.07) is 7.59. The molecule has 1 rings (SSSR count). The summed E-state index contributed by atoms with van der Waals surface area (Å²) in [4.78, 5) is 11.7. The zero-order valence-corrected chi connectivity index (χ0v) is 11.2. The fourth-order valence-electron chi connectivity index (χ4n) is 1.57. The number of nitrogens with two attached hydrogens (primary N) is 1. The van der Waals surface area contributed by atoms with Gasteiger partial charge in [0.1, 0.15) is 5.75 Å². The van der Waals surface area contributed by atoms with Crippen LogP contribution in [0.5, 0.6) is 5.75 Å². The Morgan fingerprint density at radius 2 is 2.11 bits per heavy atom. The van der Waals surface area contributed by atoms with Crippen LogP contribution >= 0.6 is 0 Å². The minimum Gasteiger partial charge on any atom is -0.476 e. The second-order valence-electron chi connectivity index (χ2n) is 4.52. The first-order valence-electron chi connectivity index (χ1n) is 6.15. The van der Waals surface area contributed by atoms with Crippen LogP contribution in [0.1, 0.15) is 26.3 Å². The highest BCUT2D eigenvalue weighted by molar-refractivity contribution is 5.79. The molecule has 0 aromatic heterocycles. The lowest BCUT2D eigenvalue weighted by molar-refractivity contribution is -0.158. The molecule has 0 unspecified atom stereocenters. The van der Waals surface area contributed by atoms with Gasteiger partial charge in [-0.1, -0.05) is 12.1 Å². The zero-order valence-electron chi connectivity index (χ0n) is 11.2. The molecule has 100 valence electrons. The van der Waals surface area contributed by atoms with Crippen LogP contribution in [-0.4, -0.2) is 24.7 Å². The Labute approximate surface area is 108 Å². The Kier molecular flexibility index (Phi) is 5.16. The van der Waals surface area contributed by atoms with E-state index in [0.29, 0.717) is 18.9 Å². The van der Waals surface area contributed by atoms with E-state index in [0.717, 1.165) is 12.0 Å². The highest BCUT2D eigenvalue weighted by Crippen LogP contribution is 2.21. The van der Waals surface area contributed by atoms with Crippen LogP contribution in [-0.2, 0) is 16.0 Å². The third-order valence-corrected chi connectivity index (χ3v) is 2.47. The molecule has 4 heteroatoms. The molecule has 0 atom stereocenters. The third-order valence-electron chi connectivity index (χ3n) is 2.47. The van der Waals surface area contributed by atoms with E-state index in [1.165, 1.54) is 0 Å². The normalized spacial score (nSPS) is 11.1. The van der Waals surface area contributed by atoms with Crippen LogP contribution in [0.2, 0.25) is 0 Å². The summed E-state index contributed by atoms with van der Waals surface area (Å²) in [5.41, 5.74) is 5.61. The second-order valence-corrected chi connectivity index (χ2v) is 4.52. The zero-order chi connectivity index (χ0) is 13.6. The number of carbonyl (C=O) groups excluding carboxylic acids is 1. The third kappa shape index (κ3) is 4.04. The van der Waals surface area contributed by atoms with E-state index in [4.69, 9.17) is 15.2 Å². The number of carbonyl (C=O) groups is 1. The maximum absolute atomic E-state index is 11.7. The van der Waals surface area contributed by atoms with Gasteiger partial charge in [0.2, 0.25) is 0 Å². The smallest absolute Gasteiger partial charge is 0.349 e. The fraction of sp³-hybridized carbons (Fsp3) is 0.500. The van der Waals surface area contributed by atoms with E-state index in [9.17, 15) is 4.79 Å². The Balaban J connectivity index is 2.76. The molecule has 0 aliphatic carbocycles. The van der Waals surface area contributed by atoms with E-state index in [-0.39, 0.29) is 5.97 Å². The molecule has 0 saturated carbocycles. The van der Waals surface area contributed by atoms with Gasteiger partial charge in [-0.15, -0.1) is 0 Å². The number of rotatable bonds is 6. The number of esters is 1. The lowest BCUT2D eigenvalue weighted by Gasteiger charge is -2.24. The number of ether oxygens (including phenoxy) is 2. The number of hydrogen-bond acceptors (Lipinski definition) is 4. The molecule has 0 heterocycles. The molecule has 1 aromatic rings. The molecule has 4 nitrogen and oxygen atoms in total. The van der Waals surface area contributed by atoms with Crippen molar-refractivity contribution in [2.24, 2.45) is 5.73 Å². The Morgan fingerprint density at radius 1 is 1.39 bits per heavy atom. The molecule has 0 amide bonds. The molecule has 0 spiro atoms. The van der Waals surface area contributed by atoms with Crippen molar-refractivity contribution in [2.45, 2.75) is 32.8 Å². The average Bonchev–Trinajstić information content (AvgIpc) is 2.29. The molecule has 1 aromatic carbocycles. The molecule has 0 bridgehead atoms. The van der Waals surface area contributed by atoms with Gasteiger partial charge >= 0.3 is 5.97 Å². The SMILES string of the molecule is CCOC(=O)C(C)(C)Oc1cccc(CCN)c1. The van der Waals surface area contributed by atoms with Crippen LogP contribution in [0.25, 0.3) is 0 Å². The van der Waals surface area contributed by atoms with Crippen LogP contribution in [0.15, 0.2) is 24.3 Å². The van der Waals surface area contributed by atoms with E-state index in [1.807, 2.05) is 24.3 Å². The Hall–Kier alpha value is -1.55. The lowest BCUT2D eigenvalue weighted by atomic mass is 10.1. The second kappa shape index (κ2) is 6.40. The summed E-state index contributed by atoms with van der Waals surface area (Å²) < 4.78 is 10.7. The largest absolute Gasteiger partial charge is 0.476 e. The lowest BCUT2D eigenvalue weighted by Crippen LogP contribution is -2.39. The molecular formula is C14H21NO3. The molecule has 0 fully saturated rings. The van der Waals surface area contributed by atoms with Crippen molar-refractivity contribution in [3.8, 4) is 5.75 Å². The Morgan fingerprint density at radius 3 is 2.72 bits per heavy atom. The first-order chi connectivity index (χ1) is 8.49. The monoisotopic (exact) mass is 251 g/mol. The van der Waals surface area contributed by atoms with Crippen molar-refractivity contribution < 1.29 is 14.3 Å². The van der Waals surface area contributed by atoms with E-state index >= 15 is 0 Å². The van der Waals surface area contributed by atoms with Crippen molar-refractivity contribution in [3.05, 3.63) is 29.8 Å². The van der Waals surface area contributed by atoms with Gasteiger partial charge in [-0.25, -0.2) is 4.79 Å². The molecule has 0 radical (unpaired) electrons. The van der Waals surface area contributed by atoms with Gasteiger partial charge in [0.15, 0.2) is 5.60 Å². The molecule has 2 N–H and O–H groups in total. The van der Waals surface area contributed by atoms with Gasteiger partial charge in [0, 0.05) is 0 Å². The summed E-state index contributed by atoms with van der Waals surface area (Å²) in [6.45, 7) is 6.10. The summed E-state index contributed by atoms with van der Waals surface area (Å²) >= 11 is 0. The van der Waals surface area contributed by atoms with Crippen LogP contribution < -0.4 is 10.5 Å². The van der Waals surface area contributed by atoms with Crippen molar-refractivity contribution in [1.29, 1.82) is 0 Å². The van der Waals surface area contributed by atoms with Gasteiger partial charge in [0.25, 0.3) is 0 Å². The van der Waals surface area contributed by atoms with Crippen LogP contribution in [0.4, 0.5) is 0 Å². The van der Waals surface area contributed by atoms with Crippen molar-refractivity contribution in [3.63, 3.8) is 0 Å². The minimum atomic E-state index is -0.989. The minimum absolute atomic E-state index is 0.346. The van der Waals surface area contributed by atoms with Gasteiger partial charge in [-0.05, 0) is 51.4 Å². The van der Waals surface area contributed by atoms with Crippen LogP contribution in [0.3, 0.4) is 0 Å².